The summed E-state index contributed by atoms with van der Waals surface area (Å²) in [6.07, 6.45) is 0. The van der Waals surface area contributed by atoms with Gasteiger partial charge in [-0.3, -0.25) is 20.3 Å². The number of hydrogen-bond acceptors (Lipinski definition) is 7. The van der Waals surface area contributed by atoms with Gasteiger partial charge in [-0.05, 0) is 61.0 Å². The van der Waals surface area contributed by atoms with E-state index in [4.69, 9.17) is 16.3 Å². The number of nitro benzene ring substituents is 1. The molecular weight excluding hydrogens is 456 g/mol. The Morgan fingerprint density at radius 3 is 2.31 bits per heavy atom. The summed E-state index contributed by atoms with van der Waals surface area (Å²) in [5.41, 5.74) is 3.87. The number of benzene rings is 3. The van der Waals surface area contributed by atoms with Crippen molar-refractivity contribution < 1.29 is 18.1 Å². The van der Waals surface area contributed by atoms with Gasteiger partial charge in [0, 0.05) is 16.8 Å². The van der Waals surface area contributed by atoms with E-state index in [0.717, 1.165) is 11.6 Å². The quantitative estimate of drug-likeness (QED) is 0.272. The van der Waals surface area contributed by atoms with E-state index in [2.05, 4.69) is 15.2 Å². The van der Waals surface area contributed by atoms with Crippen molar-refractivity contribution in [3.05, 3.63) is 87.4 Å². The summed E-state index contributed by atoms with van der Waals surface area (Å²) in [5, 5.41) is 16.3. The highest BCUT2D eigenvalue weighted by atomic mass is 35.5. The molecule has 0 unspecified atom stereocenters. The van der Waals surface area contributed by atoms with Gasteiger partial charge in [-0.25, -0.2) is 8.42 Å². The molecule has 32 heavy (non-hydrogen) atoms. The fourth-order valence-electron chi connectivity index (χ4n) is 2.70. The van der Waals surface area contributed by atoms with Crippen LogP contribution in [0.25, 0.3) is 0 Å². The van der Waals surface area contributed by atoms with Crippen molar-refractivity contribution in [2.24, 2.45) is 5.10 Å². The van der Waals surface area contributed by atoms with Crippen LogP contribution in [-0.2, 0) is 10.0 Å². The first-order valence-electron chi connectivity index (χ1n) is 9.21. The third-order valence-electron chi connectivity index (χ3n) is 4.42. The second-order valence-corrected chi connectivity index (χ2v) is 8.70. The van der Waals surface area contributed by atoms with E-state index in [0.29, 0.717) is 22.2 Å². The van der Waals surface area contributed by atoms with Gasteiger partial charge in [0.25, 0.3) is 15.7 Å². The molecule has 0 fully saturated rings. The summed E-state index contributed by atoms with van der Waals surface area (Å²) in [5.74, 6) is 0.563. The lowest BCUT2D eigenvalue weighted by Crippen LogP contribution is -2.13. The number of anilines is 2. The first-order chi connectivity index (χ1) is 15.2. The molecule has 0 bridgehead atoms. The first-order valence-corrected chi connectivity index (χ1v) is 11.1. The molecule has 0 aromatic heterocycles. The van der Waals surface area contributed by atoms with Gasteiger partial charge in [-0.1, -0.05) is 23.7 Å². The van der Waals surface area contributed by atoms with E-state index < -0.39 is 20.6 Å². The Balaban J connectivity index is 1.85. The maximum atomic E-state index is 12.7. The Kier molecular flexibility index (Phi) is 6.96. The molecule has 2 N–H and O–H groups in total. The number of nitrogens with one attached hydrogen (secondary N) is 2. The van der Waals surface area contributed by atoms with Crippen molar-refractivity contribution in [2.45, 2.75) is 11.8 Å². The maximum Gasteiger partial charge on any atom is 0.295 e. The summed E-state index contributed by atoms with van der Waals surface area (Å²) in [6.45, 7) is 1.72. The Morgan fingerprint density at radius 1 is 1.06 bits per heavy atom. The topological polar surface area (TPSA) is 123 Å². The molecule has 3 rings (SSSR count). The molecule has 166 valence electrons. The van der Waals surface area contributed by atoms with Crippen LogP contribution in [0.4, 0.5) is 17.1 Å². The Bertz CT molecular complexity index is 1260. The van der Waals surface area contributed by atoms with Gasteiger partial charge in [0.05, 0.1) is 22.6 Å². The number of hydrazone groups is 1. The fourth-order valence-corrected chi connectivity index (χ4v) is 3.90. The lowest BCUT2D eigenvalue weighted by Gasteiger charge is -2.10. The van der Waals surface area contributed by atoms with Crippen molar-refractivity contribution in [3.63, 3.8) is 0 Å². The second kappa shape index (κ2) is 9.67. The molecule has 0 aliphatic rings. The van der Waals surface area contributed by atoms with Gasteiger partial charge in [-0.2, -0.15) is 5.10 Å². The minimum atomic E-state index is -4.06. The van der Waals surface area contributed by atoms with Crippen molar-refractivity contribution in [1.29, 1.82) is 0 Å². The number of halogens is 1. The van der Waals surface area contributed by atoms with Gasteiger partial charge in [0.15, 0.2) is 0 Å². The first kappa shape index (κ1) is 23.0. The zero-order valence-corrected chi connectivity index (χ0v) is 18.6. The Hall–Kier alpha value is -3.63. The van der Waals surface area contributed by atoms with Crippen molar-refractivity contribution in [2.75, 3.05) is 17.3 Å². The van der Waals surface area contributed by atoms with Crippen LogP contribution in [0.2, 0.25) is 5.02 Å². The van der Waals surface area contributed by atoms with Crippen molar-refractivity contribution >= 4 is 44.4 Å². The van der Waals surface area contributed by atoms with Crippen LogP contribution >= 0.6 is 11.6 Å². The van der Waals surface area contributed by atoms with E-state index in [-0.39, 0.29) is 10.6 Å². The summed E-state index contributed by atoms with van der Waals surface area (Å²) < 4.78 is 32.8. The highest BCUT2D eigenvalue weighted by Crippen LogP contribution is 2.29. The average molecular weight is 475 g/mol. The van der Waals surface area contributed by atoms with E-state index in [9.17, 15) is 18.5 Å². The molecule has 0 saturated carbocycles. The molecule has 0 spiro atoms. The molecule has 3 aromatic rings. The number of ether oxygens (including phenoxy) is 1. The summed E-state index contributed by atoms with van der Waals surface area (Å²) >= 11 is 5.87. The largest absolute Gasteiger partial charge is 0.497 e. The van der Waals surface area contributed by atoms with E-state index >= 15 is 0 Å². The standard InChI is InChI=1S/C21H19ClN4O5S/c1-14(15-3-5-16(22)6-4-15)23-24-20-12-11-19(13-21(20)26(27)28)32(29,30)25-17-7-9-18(31-2)10-8-17/h3-13,24-25H,1-2H3. The minimum Gasteiger partial charge on any atom is -0.497 e. The summed E-state index contributed by atoms with van der Waals surface area (Å²) in [6, 6.07) is 16.7. The van der Waals surface area contributed by atoms with Gasteiger partial charge in [0.1, 0.15) is 11.4 Å². The predicted molar refractivity (Wildman–Crippen MR) is 124 cm³/mol. The fraction of sp³-hybridized carbons (Fsp3) is 0.0952. The zero-order chi connectivity index (χ0) is 23.3. The molecule has 0 aliphatic carbocycles. The van der Waals surface area contributed by atoms with Crippen molar-refractivity contribution in [3.8, 4) is 5.75 Å². The zero-order valence-electron chi connectivity index (χ0n) is 17.1. The molecule has 9 nitrogen and oxygen atoms in total. The molecule has 11 heteroatoms. The number of nitrogens with zero attached hydrogens (tertiary/aromatic N) is 2. The minimum absolute atomic E-state index is 0.0479. The molecule has 0 heterocycles. The molecule has 0 saturated heterocycles. The monoisotopic (exact) mass is 474 g/mol. The van der Waals surface area contributed by atoms with Gasteiger partial charge < -0.3 is 4.74 Å². The van der Waals surface area contributed by atoms with E-state index in [1.165, 1.54) is 31.4 Å². The van der Waals surface area contributed by atoms with Crippen LogP contribution in [0.1, 0.15) is 12.5 Å². The van der Waals surface area contributed by atoms with Gasteiger partial charge >= 0.3 is 0 Å². The van der Waals surface area contributed by atoms with Crippen LogP contribution in [-0.4, -0.2) is 26.2 Å². The smallest absolute Gasteiger partial charge is 0.295 e. The highest BCUT2D eigenvalue weighted by molar-refractivity contribution is 7.92. The van der Waals surface area contributed by atoms with Crippen LogP contribution < -0.4 is 14.9 Å². The second-order valence-electron chi connectivity index (χ2n) is 6.59. The third kappa shape index (κ3) is 5.54. The van der Waals surface area contributed by atoms with E-state index in [1.807, 2.05) is 0 Å². The third-order valence-corrected chi connectivity index (χ3v) is 6.06. The van der Waals surface area contributed by atoms with Crippen LogP contribution in [0.3, 0.4) is 0 Å². The molecule has 0 amide bonds. The van der Waals surface area contributed by atoms with E-state index in [1.54, 1.807) is 43.3 Å². The normalized spacial score (nSPS) is 11.7. The van der Waals surface area contributed by atoms with Gasteiger partial charge in [-0.15, -0.1) is 0 Å². The Morgan fingerprint density at radius 2 is 1.72 bits per heavy atom. The Labute approximate surface area is 189 Å². The SMILES string of the molecule is COc1ccc(NS(=O)(=O)c2ccc(NN=C(C)c3ccc(Cl)cc3)c([N+](=O)[O-])c2)cc1. The van der Waals surface area contributed by atoms with Crippen molar-refractivity contribution in [1.82, 2.24) is 0 Å². The van der Waals surface area contributed by atoms with Gasteiger partial charge in [0.2, 0.25) is 0 Å². The highest BCUT2D eigenvalue weighted by Gasteiger charge is 2.21. The van der Waals surface area contributed by atoms with Crippen LogP contribution in [0, 0.1) is 10.1 Å². The number of rotatable bonds is 8. The number of nitro groups is 1. The molecule has 3 aromatic carbocycles. The average Bonchev–Trinajstić information content (AvgIpc) is 2.78. The molecule has 0 aliphatic heterocycles. The number of hydrogen-bond donors (Lipinski definition) is 2. The molecule has 0 radical (unpaired) electrons. The van der Waals surface area contributed by atoms with Crippen LogP contribution in [0.15, 0.2) is 76.7 Å². The lowest BCUT2D eigenvalue weighted by molar-refractivity contribution is -0.384. The van der Waals surface area contributed by atoms with Crippen LogP contribution in [0.5, 0.6) is 5.75 Å². The maximum absolute atomic E-state index is 12.7. The summed E-state index contributed by atoms with van der Waals surface area (Å²) in [7, 11) is -2.56. The number of sulfonamides is 1. The number of methoxy groups -OCH3 is 1. The summed E-state index contributed by atoms with van der Waals surface area (Å²) in [4.78, 5) is 10.6. The lowest BCUT2D eigenvalue weighted by atomic mass is 10.1. The predicted octanol–water partition coefficient (Wildman–Crippen LogP) is 4.89. The molecular formula is C21H19ClN4O5S. The molecule has 0 atom stereocenters.